The molecular weight excluding hydrogens is 326 g/mol. The third-order valence-electron chi connectivity index (χ3n) is 4.05. The lowest BCUT2D eigenvalue weighted by Crippen LogP contribution is -2.05. The van der Waals surface area contributed by atoms with Crippen molar-refractivity contribution in [2.75, 3.05) is 5.32 Å². The summed E-state index contributed by atoms with van der Waals surface area (Å²) in [4.78, 5) is 20.8. The second-order valence-electron chi connectivity index (χ2n) is 5.75. The van der Waals surface area contributed by atoms with Gasteiger partial charge in [0.25, 0.3) is 0 Å². The van der Waals surface area contributed by atoms with Crippen molar-refractivity contribution >= 4 is 28.4 Å². The summed E-state index contributed by atoms with van der Waals surface area (Å²) in [7, 11) is 0. The number of para-hydroxylation sites is 2. The molecule has 4 rings (SSSR count). The number of hydrogen-bond acceptors (Lipinski definition) is 4. The van der Waals surface area contributed by atoms with E-state index in [0.29, 0.717) is 17.3 Å². The first-order valence-electron chi connectivity index (χ1n) is 8.14. The normalized spacial score (nSPS) is 10.6. The number of nitrogens with zero attached hydrogens (tertiary/aromatic N) is 2. The van der Waals surface area contributed by atoms with Crippen molar-refractivity contribution in [1.82, 2.24) is 9.97 Å². The molecule has 0 aliphatic heterocycles. The summed E-state index contributed by atoms with van der Waals surface area (Å²) in [5.74, 6) is 0.164. The molecule has 0 bridgehead atoms. The Labute approximate surface area is 150 Å². The molecule has 0 aliphatic carbocycles. The Bertz CT molecular complexity index is 1090. The van der Waals surface area contributed by atoms with Crippen LogP contribution in [0.1, 0.15) is 10.4 Å². The van der Waals surface area contributed by atoms with Crippen LogP contribution in [0.5, 0.6) is 0 Å². The molecule has 0 atom stereocenters. The van der Waals surface area contributed by atoms with E-state index in [1.165, 1.54) is 0 Å². The van der Waals surface area contributed by atoms with E-state index in [4.69, 9.17) is 0 Å². The first-order chi connectivity index (χ1) is 12.7. The lowest BCUT2D eigenvalue weighted by atomic mass is 10.1. The van der Waals surface area contributed by atoms with E-state index in [1.54, 1.807) is 24.3 Å². The monoisotopic (exact) mass is 341 g/mol. The van der Waals surface area contributed by atoms with Gasteiger partial charge in [0.15, 0.2) is 5.82 Å². The van der Waals surface area contributed by atoms with E-state index in [9.17, 15) is 9.90 Å². The van der Waals surface area contributed by atoms with Crippen LogP contribution >= 0.6 is 0 Å². The number of aromatic nitrogens is 2. The fourth-order valence-corrected chi connectivity index (χ4v) is 2.79. The molecule has 5 heteroatoms. The van der Waals surface area contributed by atoms with Gasteiger partial charge >= 0.3 is 5.97 Å². The molecule has 26 heavy (non-hydrogen) atoms. The summed E-state index contributed by atoms with van der Waals surface area (Å²) in [5.41, 5.74) is 2.36. The molecular formula is C21H15N3O2. The molecule has 3 aromatic carbocycles. The van der Waals surface area contributed by atoms with E-state index in [1.807, 2.05) is 54.6 Å². The lowest BCUT2D eigenvalue weighted by Gasteiger charge is -2.12. The molecule has 1 aromatic heterocycles. The minimum absolute atomic E-state index is 0.191. The highest BCUT2D eigenvalue weighted by Crippen LogP contribution is 2.28. The van der Waals surface area contributed by atoms with Crippen molar-refractivity contribution in [3.8, 4) is 11.4 Å². The van der Waals surface area contributed by atoms with Crippen LogP contribution < -0.4 is 5.32 Å². The summed E-state index contributed by atoms with van der Waals surface area (Å²) >= 11 is 0. The third-order valence-corrected chi connectivity index (χ3v) is 4.05. The van der Waals surface area contributed by atoms with Gasteiger partial charge in [-0.25, -0.2) is 14.8 Å². The Kier molecular flexibility index (Phi) is 4.03. The number of nitrogens with one attached hydrogen (secondary N) is 1. The fourth-order valence-electron chi connectivity index (χ4n) is 2.79. The van der Waals surface area contributed by atoms with Gasteiger partial charge < -0.3 is 10.4 Å². The van der Waals surface area contributed by atoms with E-state index in [2.05, 4.69) is 15.3 Å². The zero-order valence-corrected chi connectivity index (χ0v) is 13.8. The van der Waals surface area contributed by atoms with Gasteiger partial charge in [0.2, 0.25) is 0 Å². The molecule has 0 aliphatic rings. The zero-order valence-electron chi connectivity index (χ0n) is 13.8. The predicted octanol–water partition coefficient (Wildman–Crippen LogP) is 4.74. The molecule has 0 amide bonds. The van der Waals surface area contributed by atoms with Crippen LogP contribution in [0.2, 0.25) is 0 Å². The van der Waals surface area contributed by atoms with Gasteiger partial charge in [-0.15, -0.1) is 0 Å². The Balaban J connectivity index is 1.88. The van der Waals surface area contributed by atoms with Crippen LogP contribution in [0, 0.1) is 0 Å². The first-order valence-corrected chi connectivity index (χ1v) is 8.14. The Morgan fingerprint density at radius 2 is 1.50 bits per heavy atom. The molecule has 0 fully saturated rings. The number of carboxylic acids is 1. The summed E-state index contributed by atoms with van der Waals surface area (Å²) in [6.45, 7) is 0. The van der Waals surface area contributed by atoms with E-state index in [-0.39, 0.29) is 5.56 Å². The summed E-state index contributed by atoms with van der Waals surface area (Å²) < 4.78 is 0. The molecule has 126 valence electrons. The molecule has 1 heterocycles. The zero-order chi connectivity index (χ0) is 17.9. The molecule has 5 nitrogen and oxygen atoms in total. The van der Waals surface area contributed by atoms with E-state index >= 15 is 0 Å². The van der Waals surface area contributed by atoms with E-state index in [0.717, 1.165) is 16.5 Å². The number of carbonyl (C=O) groups is 1. The van der Waals surface area contributed by atoms with Gasteiger partial charge in [-0.3, -0.25) is 0 Å². The van der Waals surface area contributed by atoms with E-state index < -0.39 is 5.97 Å². The van der Waals surface area contributed by atoms with Gasteiger partial charge in [0.05, 0.1) is 16.8 Å². The molecule has 0 unspecified atom stereocenters. The molecule has 0 radical (unpaired) electrons. The topological polar surface area (TPSA) is 75.1 Å². The average molecular weight is 341 g/mol. The van der Waals surface area contributed by atoms with Gasteiger partial charge in [-0.05, 0) is 24.3 Å². The van der Waals surface area contributed by atoms with Gasteiger partial charge in [-0.1, -0.05) is 54.6 Å². The maximum Gasteiger partial charge on any atom is 0.337 e. The average Bonchev–Trinajstić information content (AvgIpc) is 2.69. The van der Waals surface area contributed by atoms with Gasteiger partial charge in [0.1, 0.15) is 5.82 Å². The Hall–Kier alpha value is -3.73. The van der Waals surface area contributed by atoms with Crippen LogP contribution in [0.3, 0.4) is 0 Å². The number of benzene rings is 3. The highest BCUT2D eigenvalue weighted by atomic mass is 16.4. The van der Waals surface area contributed by atoms with Crippen molar-refractivity contribution in [2.24, 2.45) is 0 Å². The van der Waals surface area contributed by atoms with Crippen LogP contribution in [-0.4, -0.2) is 21.0 Å². The van der Waals surface area contributed by atoms with Crippen molar-refractivity contribution in [1.29, 1.82) is 0 Å². The van der Waals surface area contributed by atoms with Crippen LogP contribution in [-0.2, 0) is 0 Å². The lowest BCUT2D eigenvalue weighted by molar-refractivity contribution is 0.0698. The second-order valence-corrected chi connectivity index (χ2v) is 5.75. The van der Waals surface area contributed by atoms with Crippen molar-refractivity contribution in [2.45, 2.75) is 0 Å². The molecule has 4 aromatic rings. The summed E-state index contributed by atoms with van der Waals surface area (Å²) in [5, 5.41) is 13.4. The third kappa shape index (κ3) is 2.98. The maximum absolute atomic E-state index is 11.5. The molecule has 0 spiro atoms. The highest BCUT2D eigenvalue weighted by Gasteiger charge is 2.13. The number of aromatic carboxylic acids is 1. The quantitative estimate of drug-likeness (QED) is 0.561. The first kappa shape index (κ1) is 15.8. The molecule has 0 saturated heterocycles. The Morgan fingerprint density at radius 1 is 0.808 bits per heavy atom. The number of carboxylic acid groups (broad SMARTS) is 1. The Morgan fingerprint density at radius 3 is 2.31 bits per heavy atom. The number of rotatable bonds is 4. The standard InChI is InChI=1S/C21H15N3O2/c25-21(26)16-11-5-7-13-18(16)23-20-15-10-4-6-12-17(15)22-19(24-20)14-8-2-1-3-9-14/h1-13H,(H,25,26)(H,22,23,24). The van der Waals surface area contributed by atoms with Crippen LogP contribution in [0.15, 0.2) is 78.9 Å². The van der Waals surface area contributed by atoms with Crippen molar-refractivity contribution in [3.63, 3.8) is 0 Å². The number of hydrogen-bond donors (Lipinski definition) is 2. The highest BCUT2D eigenvalue weighted by molar-refractivity contribution is 5.98. The van der Waals surface area contributed by atoms with Crippen LogP contribution in [0.25, 0.3) is 22.3 Å². The SMILES string of the molecule is O=C(O)c1ccccc1Nc1nc(-c2ccccc2)nc2ccccc12. The largest absolute Gasteiger partial charge is 0.478 e. The molecule has 2 N–H and O–H groups in total. The summed E-state index contributed by atoms with van der Waals surface area (Å²) in [6, 6.07) is 24.1. The van der Waals surface area contributed by atoms with Crippen molar-refractivity contribution < 1.29 is 9.90 Å². The van der Waals surface area contributed by atoms with Gasteiger partial charge in [-0.2, -0.15) is 0 Å². The maximum atomic E-state index is 11.5. The fraction of sp³-hybridized carbons (Fsp3) is 0. The number of fused-ring (bicyclic) bond motifs is 1. The molecule has 0 saturated carbocycles. The minimum Gasteiger partial charge on any atom is -0.478 e. The van der Waals surface area contributed by atoms with Gasteiger partial charge in [0, 0.05) is 10.9 Å². The number of anilines is 2. The minimum atomic E-state index is -0.991. The second kappa shape index (κ2) is 6.64. The van der Waals surface area contributed by atoms with Crippen molar-refractivity contribution in [3.05, 3.63) is 84.4 Å². The smallest absolute Gasteiger partial charge is 0.337 e. The summed E-state index contributed by atoms with van der Waals surface area (Å²) in [6.07, 6.45) is 0. The van der Waals surface area contributed by atoms with Crippen LogP contribution in [0.4, 0.5) is 11.5 Å². The predicted molar refractivity (Wildman–Crippen MR) is 102 cm³/mol.